The molecule has 0 bridgehead atoms. The van der Waals surface area contributed by atoms with E-state index >= 15 is 0 Å². The molecule has 1 aliphatic carbocycles. The van der Waals surface area contributed by atoms with Gasteiger partial charge in [0.25, 0.3) is 0 Å². The van der Waals surface area contributed by atoms with Crippen molar-refractivity contribution in [2.75, 3.05) is 5.32 Å². The second-order valence-electron chi connectivity index (χ2n) is 5.52. The molecule has 6 heteroatoms. The van der Waals surface area contributed by atoms with Crippen molar-refractivity contribution in [2.24, 2.45) is 22.2 Å². The molecule has 4 N–H and O–H groups in total. The zero-order chi connectivity index (χ0) is 14.9. The predicted octanol–water partition coefficient (Wildman–Crippen LogP) is 2.86. The van der Waals surface area contributed by atoms with Crippen LogP contribution >= 0.6 is 15.9 Å². The smallest absolute Gasteiger partial charge is 0.238 e. The molecule has 0 atom stereocenters. The Bertz CT molecular complexity index is 566. The van der Waals surface area contributed by atoms with Gasteiger partial charge in [-0.2, -0.15) is 0 Å². The summed E-state index contributed by atoms with van der Waals surface area (Å²) >= 11 is 3.41. The van der Waals surface area contributed by atoms with Crippen LogP contribution in [0.15, 0.2) is 27.8 Å². The Kier molecular flexibility index (Phi) is 4.04. The highest BCUT2D eigenvalue weighted by molar-refractivity contribution is 9.10. The number of benzene rings is 1. The first-order valence-corrected chi connectivity index (χ1v) is 7.24. The third-order valence-electron chi connectivity index (χ3n) is 3.80. The lowest BCUT2D eigenvalue weighted by Crippen LogP contribution is -2.54. The molecule has 5 nitrogen and oxygen atoms in total. The second kappa shape index (κ2) is 5.44. The summed E-state index contributed by atoms with van der Waals surface area (Å²) < 4.78 is 0.804. The molecule has 0 saturated heterocycles. The van der Waals surface area contributed by atoms with Crippen LogP contribution in [0.5, 0.6) is 0 Å². The van der Waals surface area contributed by atoms with Crippen LogP contribution < -0.4 is 11.1 Å². The molecule has 20 heavy (non-hydrogen) atoms. The van der Waals surface area contributed by atoms with Crippen LogP contribution in [0.3, 0.4) is 0 Å². The third-order valence-corrected chi connectivity index (χ3v) is 4.49. The number of halogens is 1. The molecular formula is C14H18BrN3O2. The summed E-state index contributed by atoms with van der Waals surface area (Å²) in [5, 5.41) is 14.8. The number of nitrogens with one attached hydrogen (secondary N) is 1. The lowest BCUT2D eigenvalue weighted by molar-refractivity contribution is -0.127. The van der Waals surface area contributed by atoms with Crippen molar-refractivity contribution in [3.8, 4) is 0 Å². The Labute approximate surface area is 126 Å². The summed E-state index contributed by atoms with van der Waals surface area (Å²) in [6.45, 7) is 3.99. The first-order valence-electron chi connectivity index (χ1n) is 6.44. The van der Waals surface area contributed by atoms with E-state index in [1.54, 1.807) is 0 Å². The number of carbonyl (C=O) groups is 1. The minimum Gasteiger partial charge on any atom is -0.409 e. The van der Waals surface area contributed by atoms with Crippen molar-refractivity contribution < 1.29 is 10.0 Å². The van der Waals surface area contributed by atoms with Crippen LogP contribution in [0.2, 0.25) is 0 Å². The summed E-state index contributed by atoms with van der Waals surface area (Å²) in [4.78, 5) is 12.5. The number of nitrogens with zero attached hydrogens (tertiary/aromatic N) is 1. The lowest BCUT2D eigenvalue weighted by Gasteiger charge is -2.43. The Hall–Kier alpha value is -1.56. The van der Waals surface area contributed by atoms with Gasteiger partial charge in [0.05, 0.1) is 5.69 Å². The van der Waals surface area contributed by atoms with E-state index in [9.17, 15) is 4.79 Å². The lowest BCUT2D eigenvalue weighted by atomic mass is 9.61. The maximum absolute atomic E-state index is 12.5. The van der Waals surface area contributed by atoms with Crippen molar-refractivity contribution in [2.45, 2.75) is 26.7 Å². The molecular weight excluding hydrogens is 322 g/mol. The van der Waals surface area contributed by atoms with Crippen LogP contribution in [0, 0.1) is 18.3 Å². The molecule has 2 rings (SSSR count). The standard InChI is InChI=1S/C14H18BrN3O2/c1-8-3-4-10(15)11(5-8)17-13(19)14(12(16)18-20)6-9(2)7-14/h3-5,9,20H,6-7H2,1-2H3,(H2,16,18)(H,17,19). The van der Waals surface area contributed by atoms with Gasteiger partial charge in [-0.3, -0.25) is 4.79 Å². The van der Waals surface area contributed by atoms with Crippen molar-refractivity contribution >= 4 is 33.4 Å². The number of hydrogen-bond donors (Lipinski definition) is 3. The van der Waals surface area contributed by atoms with E-state index in [4.69, 9.17) is 10.9 Å². The number of hydrogen-bond acceptors (Lipinski definition) is 3. The van der Waals surface area contributed by atoms with Crippen LogP contribution in [0.4, 0.5) is 5.69 Å². The van der Waals surface area contributed by atoms with Gasteiger partial charge in [0, 0.05) is 4.47 Å². The monoisotopic (exact) mass is 339 g/mol. The van der Waals surface area contributed by atoms with E-state index in [0.29, 0.717) is 24.4 Å². The molecule has 0 heterocycles. The highest BCUT2D eigenvalue weighted by Crippen LogP contribution is 2.46. The molecule has 1 aliphatic rings. The molecule has 0 radical (unpaired) electrons. The van der Waals surface area contributed by atoms with E-state index in [1.807, 2.05) is 32.0 Å². The molecule has 1 fully saturated rings. The maximum Gasteiger partial charge on any atom is 0.238 e. The number of amides is 1. The molecule has 0 spiro atoms. The van der Waals surface area contributed by atoms with Gasteiger partial charge < -0.3 is 16.3 Å². The first-order chi connectivity index (χ1) is 9.39. The third kappa shape index (κ3) is 2.52. The summed E-state index contributed by atoms with van der Waals surface area (Å²) in [6.07, 6.45) is 1.19. The molecule has 1 amide bonds. The van der Waals surface area contributed by atoms with Crippen molar-refractivity contribution in [3.05, 3.63) is 28.2 Å². The Balaban J connectivity index is 2.24. The molecule has 0 unspecified atom stereocenters. The SMILES string of the molecule is Cc1ccc(Br)c(NC(=O)C2(/C(N)=N/O)CC(C)C2)c1. The number of aryl methyl sites for hydroxylation is 1. The first kappa shape index (κ1) is 14.8. The van der Waals surface area contributed by atoms with E-state index in [1.165, 1.54) is 0 Å². The summed E-state index contributed by atoms with van der Waals surface area (Å²) in [6, 6.07) is 5.71. The van der Waals surface area contributed by atoms with Crippen molar-refractivity contribution in [3.63, 3.8) is 0 Å². The van der Waals surface area contributed by atoms with Crippen molar-refractivity contribution in [1.82, 2.24) is 0 Å². The van der Waals surface area contributed by atoms with Gasteiger partial charge >= 0.3 is 0 Å². The quantitative estimate of drug-likeness (QED) is 0.342. The van der Waals surface area contributed by atoms with E-state index in [-0.39, 0.29) is 11.7 Å². The number of carbonyl (C=O) groups excluding carboxylic acids is 1. The van der Waals surface area contributed by atoms with Gasteiger partial charge in [0.15, 0.2) is 5.84 Å². The number of oxime groups is 1. The van der Waals surface area contributed by atoms with Gasteiger partial charge in [0.2, 0.25) is 5.91 Å². The van der Waals surface area contributed by atoms with Crippen LogP contribution in [-0.4, -0.2) is 17.0 Å². The number of anilines is 1. The van der Waals surface area contributed by atoms with Gasteiger partial charge in [-0.15, -0.1) is 0 Å². The summed E-state index contributed by atoms with van der Waals surface area (Å²) in [5.41, 5.74) is 6.57. The second-order valence-corrected chi connectivity index (χ2v) is 6.37. The van der Waals surface area contributed by atoms with Gasteiger partial charge in [0.1, 0.15) is 5.41 Å². The molecule has 0 aromatic heterocycles. The minimum atomic E-state index is -0.892. The molecule has 0 aliphatic heterocycles. The maximum atomic E-state index is 12.5. The Morgan fingerprint density at radius 2 is 2.20 bits per heavy atom. The molecule has 1 aromatic rings. The average molecular weight is 340 g/mol. The molecule has 1 aromatic carbocycles. The highest BCUT2D eigenvalue weighted by atomic mass is 79.9. The molecule has 108 valence electrons. The van der Waals surface area contributed by atoms with Gasteiger partial charge in [-0.1, -0.05) is 18.1 Å². The minimum absolute atomic E-state index is 0.0168. The Morgan fingerprint density at radius 3 is 2.75 bits per heavy atom. The predicted molar refractivity (Wildman–Crippen MR) is 81.7 cm³/mol. The highest BCUT2D eigenvalue weighted by Gasteiger charge is 2.52. The average Bonchev–Trinajstić information content (AvgIpc) is 2.38. The topological polar surface area (TPSA) is 87.7 Å². The zero-order valence-corrected chi connectivity index (χ0v) is 13.1. The van der Waals surface area contributed by atoms with E-state index in [0.717, 1.165) is 10.0 Å². The van der Waals surface area contributed by atoms with Crippen LogP contribution in [0.1, 0.15) is 25.3 Å². The summed E-state index contributed by atoms with van der Waals surface area (Å²) in [7, 11) is 0. The van der Waals surface area contributed by atoms with Crippen molar-refractivity contribution in [1.29, 1.82) is 0 Å². The van der Waals surface area contributed by atoms with Crippen LogP contribution in [0.25, 0.3) is 0 Å². The Morgan fingerprint density at radius 1 is 1.55 bits per heavy atom. The normalized spacial score (nSPS) is 25.9. The van der Waals surface area contributed by atoms with Crippen LogP contribution in [-0.2, 0) is 4.79 Å². The number of amidine groups is 1. The zero-order valence-electron chi connectivity index (χ0n) is 11.5. The van der Waals surface area contributed by atoms with E-state index in [2.05, 4.69) is 26.4 Å². The van der Waals surface area contributed by atoms with E-state index < -0.39 is 5.41 Å². The van der Waals surface area contributed by atoms with Gasteiger partial charge in [-0.25, -0.2) is 0 Å². The van der Waals surface area contributed by atoms with Gasteiger partial charge in [-0.05, 0) is 59.3 Å². The number of nitrogens with two attached hydrogens (primary N) is 1. The number of rotatable bonds is 3. The largest absolute Gasteiger partial charge is 0.409 e. The fourth-order valence-electron chi connectivity index (χ4n) is 2.71. The fourth-order valence-corrected chi connectivity index (χ4v) is 3.06. The summed E-state index contributed by atoms with van der Waals surface area (Å²) in [5.74, 6) is 0.149. The molecule has 1 saturated carbocycles. The fraction of sp³-hybridized carbons (Fsp3) is 0.429.